The number of benzene rings is 1. The van der Waals surface area contributed by atoms with Crippen LogP contribution in [0.2, 0.25) is 0 Å². The fraction of sp³-hybridized carbons (Fsp3) is 0.385. The van der Waals surface area contributed by atoms with Crippen molar-refractivity contribution in [1.82, 2.24) is 9.84 Å². The molecule has 0 atom stereocenters. The molecule has 0 bridgehead atoms. The van der Waals surface area contributed by atoms with Gasteiger partial charge in [-0.05, 0) is 18.2 Å². The van der Waals surface area contributed by atoms with Gasteiger partial charge in [-0.15, -0.1) is 4.83 Å². The Kier molecular flexibility index (Phi) is 5.27. The topological polar surface area (TPSA) is 84.7 Å². The molecule has 1 aliphatic rings. The highest BCUT2D eigenvalue weighted by molar-refractivity contribution is 7.89. The minimum absolute atomic E-state index is 0.109. The Morgan fingerprint density at radius 1 is 1.38 bits per heavy atom. The van der Waals surface area contributed by atoms with Crippen molar-refractivity contribution in [3.8, 4) is 11.8 Å². The minimum atomic E-state index is -3.81. The maximum absolute atomic E-state index is 13.8. The highest BCUT2D eigenvalue weighted by Gasteiger charge is 2.21. The van der Waals surface area contributed by atoms with E-state index in [-0.39, 0.29) is 17.0 Å². The molecule has 0 saturated carbocycles. The molecule has 0 aromatic heterocycles. The summed E-state index contributed by atoms with van der Waals surface area (Å²) in [7, 11) is -3.81. The Hall–Kier alpha value is -1.50. The number of sulfonamides is 1. The molecule has 1 saturated heterocycles. The Bertz CT molecular complexity index is 661. The lowest BCUT2D eigenvalue weighted by Crippen LogP contribution is -2.48. The van der Waals surface area contributed by atoms with Crippen LogP contribution in [0.15, 0.2) is 23.1 Å². The lowest BCUT2D eigenvalue weighted by atomic mass is 10.2. The van der Waals surface area contributed by atoms with E-state index < -0.39 is 15.8 Å². The Labute approximate surface area is 123 Å². The Morgan fingerprint density at radius 3 is 2.71 bits per heavy atom. The quantitative estimate of drug-likeness (QED) is 0.746. The number of ether oxygens (including phenoxy) is 1. The number of halogens is 1. The average molecular weight is 313 g/mol. The number of hydrazine groups is 1. The van der Waals surface area contributed by atoms with Crippen molar-refractivity contribution >= 4 is 10.0 Å². The van der Waals surface area contributed by atoms with Gasteiger partial charge in [0.15, 0.2) is 0 Å². The van der Waals surface area contributed by atoms with E-state index in [1.807, 2.05) is 0 Å². The molecule has 0 unspecified atom stereocenters. The molecule has 3 N–H and O–H groups in total. The molecular formula is C13H16FN3O3S. The van der Waals surface area contributed by atoms with Crippen molar-refractivity contribution in [2.45, 2.75) is 4.90 Å². The third-order valence-corrected chi connectivity index (χ3v) is 4.21. The predicted molar refractivity (Wildman–Crippen MR) is 75.0 cm³/mol. The summed E-state index contributed by atoms with van der Waals surface area (Å²) in [4.78, 5) is 2.26. The molecule has 0 amide bonds. The smallest absolute Gasteiger partial charge is 0.253 e. The van der Waals surface area contributed by atoms with Crippen LogP contribution in [0, 0.1) is 17.7 Å². The van der Waals surface area contributed by atoms with Gasteiger partial charge in [0.1, 0.15) is 5.82 Å². The molecule has 1 aliphatic heterocycles. The van der Waals surface area contributed by atoms with E-state index in [1.54, 1.807) is 0 Å². The summed E-state index contributed by atoms with van der Waals surface area (Å²) in [6.07, 6.45) is 0. The first kappa shape index (κ1) is 15.9. The summed E-state index contributed by atoms with van der Waals surface area (Å²) < 4.78 is 43.3. The van der Waals surface area contributed by atoms with Crippen LogP contribution in [-0.2, 0) is 14.8 Å². The van der Waals surface area contributed by atoms with Gasteiger partial charge in [-0.25, -0.2) is 17.8 Å². The maximum Gasteiger partial charge on any atom is 0.253 e. The van der Waals surface area contributed by atoms with Crippen LogP contribution in [0.5, 0.6) is 0 Å². The molecule has 6 nitrogen and oxygen atoms in total. The summed E-state index contributed by atoms with van der Waals surface area (Å²) in [6, 6.07) is 3.58. The Balaban J connectivity index is 2.18. The van der Waals surface area contributed by atoms with E-state index in [0.717, 1.165) is 6.07 Å². The maximum atomic E-state index is 13.8. The van der Waals surface area contributed by atoms with E-state index in [4.69, 9.17) is 10.5 Å². The predicted octanol–water partition coefficient (Wildman–Crippen LogP) is -0.339. The third kappa shape index (κ3) is 4.23. The molecule has 21 heavy (non-hydrogen) atoms. The fourth-order valence-electron chi connectivity index (χ4n) is 1.79. The van der Waals surface area contributed by atoms with E-state index in [2.05, 4.69) is 16.7 Å². The number of hydrogen-bond acceptors (Lipinski definition) is 5. The molecule has 1 aromatic rings. The third-order valence-electron chi connectivity index (χ3n) is 2.84. The largest absolute Gasteiger partial charge is 0.379 e. The zero-order chi connectivity index (χ0) is 15.3. The SMILES string of the molecule is NCC#Cc1ccc(S(=O)(=O)NN2CCOCC2)cc1F. The van der Waals surface area contributed by atoms with Gasteiger partial charge in [0.2, 0.25) is 0 Å². The lowest BCUT2D eigenvalue weighted by molar-refractivity contribution is 0.0272. The summed E-state index contributed by atoms with van der Waals surface area (Å²) >= 11 is 0. The zero-order valence-corrected chi connectivity index (χ0v) is 12.1. The highest BCUT2D eigenvalue weighted by Crippen LogP contribution is 2.14. The summed E-state index contributed by atoms with van der Waals surface area (Å²) in [6.45, 7) is 1.90. The van der Waals surface area contributed by atoms with Crippen LogP contribution in [-0.4, -0.2) is 46.3 Å². The first-order valence-electron chi connectivity index (χ1n) is 6.36. The van der Waals surface area contributed by atoms with Gasteiger partial charge >= 0.3 is 0 Å². The van der Waals surface area contributed by atoms with Gasteiger partial charge in [-0.1, -0.05) is 11.8 Å². The summed E-state index contributed by atoms with van der Waals surface area (Å²) in [5.41, 5.74) is 5.33. The van der Waals surface area contributed by atoms with E-state index in [1.165, 1.54) is 17.1 Å². The minimum Gasteiger partial charge on any atom is -0.379 e. The van der Waals surface area contributed by atoms with Gasteiger partial charge in [0.25, 0.3) is 10.0 Å². The van der Waals surface area contributed by atoms with E-state index in [0.29, 0.717) is 26.3 Å². The van der Waals surface area contributed by atoms with Crippen LogP contribution in [0.3, 0.4) is 0 Å². The molecule has 2 rings (SSSR count). The first-order chi connectivity index (χ1) is 10.0. The van der Waals surface area contributed by atoms with Gasteiger partial charge in [0, 0.05) is 13.1 Å². The van der Waals surface area contributed by atoms with Gasteiger partial charge in [-0.3, -0.25) is 0 Å². The number of hydrogen-bond donors (Lipinski definition) is 2. The van der Waals surface area contributed by atoms with Gasteiger partial charge in [-0.2, -0.15) is 0 Å². The average Bonchev–Trinajstić information content (AvgIpc) is 2.46. The molecule has 0 aliphatic carbocycles. The van der Waals surface area contributed by atoms with Crippen molar-refractivity contribution in [3.05, 3.63) is 29.6 Å². The molecule has 0 radical (unpaired) electrons. The van der Waals surface area contributed by atoms with Crippen molar-refractivity contribution < 1.29 is 17.5 Å². The van der Waals surface area contributed by atoms with Crippen LogP contribution >= 0.6 is 0 Å². The first-order valence-corrected chi connectivity index (χ1v) is 7.85. The van der Waals surface area contributed by atoms with Crippen molar-refractivity contribution in [1.29, 1.82) is 0 Å². The number of morpholine rings is 1. The molecule has 114 valence electrons. The van der Waals surface area contributed by atoms with Crippen molar-refractivity contribution in [2.24, 2.45) is 5.73 Å². The van der Waals surface area contributed by atoms with Gasteiger partial charge < -0.3 is 10.5 Å². The fourth-order valence-corrected chi connectivity index (χ4v) is 2.92. The second-order valence-electron chi connectivity index (χ2n) is 4.34. The molecule has 1 heterocycles. The van der Waals surface area contributed by atoms with Crippen LogP contribution in [0.25, 0.3) is 0 Å². The molecule has 1 fully saturated rings. The second kappa shape index (κ2) is 6.98. The highest BCUT2D eigenvalue weighted by atomic mass is 32.2. The molecule has 8 heteroatoms. The van der Waals surface area contributed by atoms with Crippen LogP contribution < -0.4 is 10.6 Å². The standard InChI is InChI=1S/C13H16FN3O3S/c14-13-10-12(4-3-11(13)2-1-5-15)21(18,19)16-17-6-8-20-9-7-17/h3-4,10,16H,5-9,15H2. The summed E-state index contributed by atoms with van der Waals surface area (Å²) in [5, 5.41) is 1.53. The number of rotatable bonds is 3. The molecule has 1 aromatic carbocycles. The zero-order valence-electron chi connectivity index (χ0n) is 11.3. The van der Waals surface area contributed by atoms with Gasteiger partial charge in [0.05, 0.1) is 30.2 Å². The molecule has 0 spiro atoms. The normalized spacial score (nSPS) is 16.3. The number of nitrogens with zero attached hydrogens (tertiary/aromatic N) is 1. The van der Waals surface area contributed by atoms with Crippen LogP contribution in [0.1, 0.15) is 5.56 Å². The summed E-state index contributed by atoms with van der Waals surface area (Å²) in [5.74, 6) is 4.37. The second-order valence-corrected chi connectivity index (χ2v) is 6.00. The van der Waals surface area contributed by atoms with Crippen molar-refractivity contribution in [3.63, 3.8) is 0 Å². The lowest BCUT2D eigenvalue weighted by Gasteiger charge is -2.26. The number of nitrogens with two attached hydrogens (primary N) is 1. The monoisotopic (exact) mass is 313 g/mol. The molecular weight excluding hydrogens is 297 g/mol. The Morgan fingerprint density at radius 2 is 2.10 bits per heavy atom. The van der Waals surface area contributed by atoms with Crippen molar-refractivity contribution in [2.75, 3.05) is 32.8 Å². The van der Waals surface area contributed by atoms with E-state index >= 15 is 0 Å². The van der Waals surface area contributed by atoms with Crippen LogP contribution in [0.4, 0.5) is 4.39 Å². The number of nitrogens with one attached hydrogen (secondary N) is 1. The van der Waals surface area contributed by atoms with E-state index in [9.17, 15) is 12.8 Å².